The molecule has 1 amide bonds. The smallest absolute Gasteiger partial charge is 0.261 e. The molecule has 2 rings (SSSR count). The molecule has 1 aromatic rings. The zero-order valence-electron chi connectivity index (χ0n) is 10.7. The van der Waals surface area contributed by atoms with Crippen molar-refractivity contribution < 1.29 is 9.53 Å². The van der Waals surface area contributed by atoms with Gasteiger partial charge in [0.05, 0.1) is 0 Å². The Morgan fingerprint density at radius 3 is 3.00 bits per heavy atom. The summed E-state index contributed by atoms with van der Waals surface area (Å²) in [6.45, 7) is 2.63. The number of ether oxygens (including phenoxy) is 1. The van der Waals surface area contributed by atoms with E-state index in [1.807, 2.05) is 31.2 Å². The van der Waals surface area contributed by atoms with Gasteiger partial charge in [-0.3, -0.25) is 4.79 Å². The van der Waals surface area contributed by atoms with Crippen LogP contribution in [0.25, 0.3) is 0 Å². The van der Waals surface area contributed by atoms with Crippen molar-refractivity contribution in [2.75, 3.05) is 6.54 Å². The molecule has 0 saturated carbocycles. The molecule has 1 heterocycles. The molecular weight excluding hydrogens is 228 g/mol. The Balaban J connectivity index is 1.92. The zero-order chi connectivity index (χ0) is 13.0. The second kappa shape index (κ2) is 5.87. The monoisotopic (exact) mass is 248 g/mol. The summed E-state index contributed by atoms with van der Waals surface area (Å²) < 4.78 is 5.65. The van der Waals surface area contributed by atoms with E-state index < -0.39 is 6.10 Å². The summed E-state index contributed by atoms with van der Waals surface area (Å²) in [7, 11) is 0. The van der Waals surface area contributed by atoms with E-state index in [0.29, 0.717) is 13.0 Å². The summed E-state index contributed by atoms with van der Waals surface area (Å²) in [6.07, 6.45) is 1.96. The highest BCUT2D eigenvalue weighted by Gasteiger charge is 2.29. The van der Waals surface area contributed by atoms with Crippen LogP contribution in [-0.2, 0) is 11.2 Å². The Labute approximate surface area is 108 Å². The number of fused-ring (bicyclic) bond motifs is 1. The van der Waals surface area contributed by atoms with E-state index in [9.17, 15) is 4.79 Å². The van der Waals surface area contributed by atoms with Crippen LogP contribution in [0.3, 0.4) is 0 Å². The minimum atomic E-state index is -0.394. The number of benzene rings is 1. The normalized spacial score (nSPS) is 18.9. The van der Waals surface area contributed by atoms with Crippen LogP contribution in [0.5, 0.6) is 5.75 Å². The maximum atomic E-state index is 12.1. The molecule has 0 radical (unpaired) electrons. The summed E-state index contributed by atoms with van der Waals surface area (Å²) in [6, 6.07) is 7.93. The Morgan fingerprint density at radius 1 is 1.56 bits per heavy atom. The first-order chi connectivity index (χ1) is 8.74. The van der Waals surface area contributed by atoms with E-state index in [1.54, 1.807) is 0 Å². The summed E-state index contributed by atoms with van der Waals surface area (Å²) in [5.74, 6) is 0.788. The quantitative estimate of drug-likeness (QED) is 0.824. The topological polar surface area (TPSA) is 64.3 Å². The minimum Gasteiger partial charge on any atom is -0.480 e. The molecule has 0 aliphatic carbocycles. The number of hydrogen-bond acceptors (Lipinski definition) is 3. The van der Waals surface area contributed by atoms with E-state index >= 15 is 0 Å². The molecule has 0 fully saturated rings. The molecule has 0 spiro atoms. The molecular formula is C14H20N2O2. The molecule has 2 atom stereocenters. The van der Waals surface area contributed by atoms with E-state index in [0.717, 1.165) is 24.2 Å². The number of rotatable bonds is 5. The van der Waals surface area contributed by atoms with Crippen LogP contribution in [0, 0.1) is 0 Å². The third kappa shape index (κ3) is 2.82. The van der Waals surface area contributed by atoms with Crippen molar-refractivity contribution in [1.29, 1.82) is 0 Å². The van der Waals surface area contributed by atoms with E-state index in [2.05, 4.69) is 5.32 Å². The molecule has 4 nitrogen and oxygen atoms in total. The molecule has 1 aromatic carbocycles. The highest BCUT2D eigenvalue weighted by molar-refractivity contribution is 5.82. The highest BCUT2D eigenvalue weighted by atomic mass is 16.5. The predicted octanol–water partition coefficient (Wildman–Crippen LogP) is 1.23. The van der Waals surface area contributed by atoms with Gasteiger partial charge in [0.2, 0.25) is 0 Å². The molecule has 4 heteroatoms. The van der Waals surface area contributed by atoms with Crippen molar-refractivity contribution >= 4 is 5.91 Å². The maximum Gasteiger partial charge on any atom is 0.261 e. The van der Waals surface area contributed by atoms with Gasteiger partial charge in [0.15, 0.2) is 6.10 Å². The average molecular weight is 248 g/mol. The lowest BCUT2D eigenvalue weighted by Gasteiger charge is -2.18. The number of para-hydroxylation sites is 1. The molecule has 0 aromatic heterocycles. The van der Waals surface area contributed by atoms with Gasteiger partial charge in [0.25, 0.3) is 5.91 Å². The van der Waals surface area contributed by atoms with Crippen molar-refractivity contribution in [3.05, 3.63) is 29.8 Å². The average Bonchev–Trinajstić information content (AvgIpc) is 2.82. The third-order valence-corrected chi connectivity index (χ3v) is 3.29. The predicted molar refractivity (Wildman–Crippen MR) is 70.5 cm³/mol. The highest BCUT2D eigenvalue weighted by Crippen LogP contribution is 2.28. The van der Waals surface area contributed by atoms with E-state index in [-0.39, 0.29) is 11.9 Å². The Bertz CT molecular complexity index is 395. The lowest BCUT2D eigenvalue weighted by atomic mass is 10.1. The van der Waals surface area contributed by atoms with Crippen molar-refractivity contribution in [1.82, 2.24) is 5.32 Å². The number of hydrogen-bond donors (Lipinski definition) is 2. The lowest BCUT2D eigenvalue weighted by molar-refractivity contribution is -0.128. The molecule has 0 saturated heterocycles. The SMILES string of the molecule is CCC(CCN)NC(=O)C1Cc2ccccc2O1. The van der Waals surface area contributed by atoms with Crippen molar-refractivity contribution in [3.8, 4) is 5.75 Å². The van der Waals surface area contributed by atoms with E-state index in [1.165, 1.54) is 0 Å². The largest absolute Gasteiger partial charge is 0.480 e. The minimum absolute atomic E-state index is 0.0356. The summed E-state index contributed by atoms with van der Waals surface area (Å²) >= 11 is 0. The van der Waals surface area contributed by atoms with Gasteiger partial charge < -0.3 is 15.8 Å². The number of nitrogens with one attached hydrogen (secondary N) is 1. The van der Waals surface area contributed by atoms with Crippen molar-refractivity contribution in [2.45, 2.75) is 38.3 Å². The first kappa shape index (κ1) is 12.9. The molecule has 1 aliphatic heterocycles. The van der Waals surface area contributed by atoms with Gasteiger partial charge in [-0.2, -0.15) is 0 Å². The van der Waals surface area contributed by atoms with Gasteiger partial charge in [-0.05, 0) is 31.0 Å². The van der Waals surface area contributed by atoms with Crippen LogP contribution in [-0.4, -0.2) is 24.6 Å². The first-order valence-corrected chi connectivity index (χ1v) is 6.49. The van der Waals surface area contributed by atoms with Crippen LogP contribution in [0.4, 0.5) is 0 Å². The Morgan fingerprint density at radius 2 is 2.33 bits per heavy atom. The molecule has 3 N–H and O–H groups in total. The fraction of sp³-hybridized carbons (Fsp3) is 0.500. The Kier molecular flexibility index (Phi) is 4.20. The van der Waals surface area contributed by atoms with Gasteiger partial charge in [0.1, 0.15) is 5.75 Å². The van der Waals surface area contributed by atoms with Gasteiger partial charge in [-0.15, -0.1) is 0 Å². The fourth-order valence-electron chi connectivity index (χ4n) is 2.20. The molecule has 18 heavy (non-hydrogen) atoms. The third-order valence-electron chi connectivity index (χ3n) is 3.29. The van der Waals surface area contributed by atoms with Crippen molar-refractivity contribution in [2.24, 2.45) is 5.73 Å². The van der Waals surface area contributed by atoms with Crippen molar-refractivity contribution in [3.63, 3.8) is 0 Å². The van der Waals surface area contributed by atoms with Crippen LogP contribution < -0.4 is 15.8 Å². The molecule has 2 unspecified atom stereocenters. The van der Waals surface area contributed by atoms with E-state index in [4.69, 9.17) is 10.5 Å². The summed E-state index contributed by atoms with van der Waals surface area (Å²) in [5.41, 5.74) is 6.62. The Hall–Kier alpha value is -1.55. The summed E-state index contributed by atoms with van der Waals surface area (Å²) in [4.78, 5) is 12.1. The maximum absolute atomic E-state index is 12.1. The number of amides is 1. The number of nitrogens with two attached hydrogens (primary N) is 1. The second-order valence-electron chi connectivity index (χ2n) is 4.61. The number of carbonyl (C=O) groups is 1. The fourth-order valence-corrected chi connectivity index (χ4v) is 2.20. The first-order valence-electron chi connectivity index (χ1n) is 6.49. The second-order valence-corrected chi connectivity index (χ2v) is 4.61. The van der Waals surface area contributed by atoms with Gasteiger partial charge >= 0.3 is 0 Å². The van der Waals surface area contributed by atoms with Crippen LogP contribution >= 0.6 is 0 Å². The van der Waals surface area contributed by atoms with Crippen LogP contribution in [0.1, 0.15) is 25.3 Å². The van der Waals surface area contributed by atoms with Crippen LogP contribution in [0.2, 0.25) is 0 Å². The standard InChI is InChI=1S/C14H20N2O2/c1-2-11(7-8-15)16-14(17)13-9-10-5-3-4-6-12(10)18-13/h3-6,11,13H,2,7-9,15H2,1H3,(H,16,17). The number of carbonyl (C=O) groups excluding carboxylic acids is 1. The molecule has 1 aliphatic rings. The lowest BCUT2D eigenvalue weighted by Crippen LogP contribution is -2.43. The molecule has 0 bridgehead atoms. The van der Waals surface area contributed by atoms with Gasteiger partial charge in [0, 0.05) is 12.5 Å². The zero-order valence-corrected chi connectivity index (χ0v) is 10.7. The van der Waals surface area contributed by atoms with Crippen LogP contribution in [0.15, 0.2) is 24.3 Å². The molecule has 98 valence electrons. The summed E-state index contributed by atoms with van der Waals surface area (Å²) in [5, 5.41) is 3.00. The van der Waals surface area contributed by atoms with Gasteiger partial charge in [-0.1, -0.05) is 25.1 Å². The van der Waals surface area contributed by atoms with Gasteiger partial charge in [-0.25, -0.2) is 0 Å².